The highest BCUT2D eigenvalue weighted by Gasteiger charge is 2.29. The summed E-state index contributed by atoms with van der Waals surface area (Å²) in [5.74, 6) is -2.09. The second kappa shape index (κ2) is 4.79. The summed E-state index contributed by atoms with van der Waals surface area (Å²) in [5.41, 5.74) is 2.67. The van der Waals surface area contributed by atoms with Crippen LogP contribution in [-0.4, -0.2) is 32.8 Å². The molecule has 108 valence electrons. The van der Waals surface area contributed by atoms with Crippen molar-refractivity contribution in [2.45, 2.75) is 12.8 Å². The number of hydrogen-bond donors (Lipinski definition) is 4. The molecule has 21 heavy (non-hydrogen) atoms. The molecule has 3 rings (SSSR count). The monoisotopic (exact) mass is 286 g/mol. The lowest BCUT2D eigenvalue weighted by atomic mass is 9.83. The van der Waals surface area contributed by atoms with E-state index < -0.39 is 17.2 Å². The Bertz CT molecular complexity index is 749. The van der Waals surface area contributed by atoms with Crippen LogP contribution in [0.15, 0.2) is 24.3 Å². The van der Waals surface area contributed by atoms with E-state index in [2.05, 4.69) is 0 Å². The average molecular weight is 286 g/mol. The molecule has 0 amide bonds. The lowest BCUT2D eigenvalue weighted by Crippen LogP contribution is -2.15. The number of carbonyl (C=O) groups excluding carboxylic acids is 1. The van der Waals surface area contributed by atoms with Gasteiger partial charge in [0.1, 0.15) is 0 Å². The molecular formula is C16H14O5. The predicted molar refractivity (Wildman–Crippen MR) is 74.9 cm³/mol. The lowest BCUT2D eigenvalue weighted by Gasteiger charge is -2.21. The van der Waals surface area contributed by atoms with Crippen LogP contribution >= 0.6 is 0 Å². The third-order valence-electron chi connectivity index (χ3n) is 3.76. The molecule has 0 fully saturated rings. The topological polar surface area (TPSA) is 98.0 Å². The summed E-state index contributed by atoms with van der Waals surface area (Å²) in [4.78, 5) is 12.5. The van der Waals surface area contributed by atoms with Crippen LogP contribution in [0.2, 0.25) is 0 Å². The van der Waals surface area contributed by atoms with E-state index >= 15 is 0 Å². The second-order valence-electron chi connectivity index (χ2n) is 5.10. The number of phenols is 3. The number of ketones is 1. The van der Waals surface area contributed by atoms with Gasteiger partial charge in [-0.15, -0.1) is 0 Å². The predicted octanol–water partition coefficient (Wildman–Crippen LogP) is 1.47. The first-order valence-electron chi connectivity index (χ1n) is 6.57. The van der Waals surface area contributed by atoms with Gasteiger partial charge in [-0.25, -0.2) is 0 Å². The number of benzene rings is 2. The second-order valence-corrected chi connectivity index (χ2v) is 5.10. The maximum Gasteiger partial charge on any atom is 0.201 e. The SMILES string of the molecule is O=C1c2ccc(CCO)cc2Cc2cc(O)c(O)c(O)c21. The van der Waals surface area contributed by atoms with Gasteiger partial charge in [-0.1, -0.05) is 18.2 Å². The van der Waals surface area contributed by atoms with E-state index in [1.54, 1.807) is 12.1 Å². The van der Waals surface area contributed by atoms with E-state index in [4.69, 9.17) is 5.11 Å². The summed E-state index contributed by atoms with van der Waals surface area (Å²) in [6, 6.07) is 6.56. The van der Waals surface area contributed by atoms with Crippen molar-refractivity contribution in [3.05, 3.63) is 52.1 Å². The largest absolute Gasteiger partial charge is 0.504 e. The van der Waals surface area contributed by atoms with E-state index in [-0.39, 0.29) is 18.0 Å². The lowest BCUT2D eigenvalue weighted by molar-refractivity contribution is 0.103. The van der Waals surface area contributed by atoms with Crippen molar-refractivity contribution in [2.75, 3.05) is 6.61 Å². The third kappa shape index (κ3) is 2.02. The Morgan fingerprint density at radius 1 is 1.00 bits per heavy atom. The van der Waals surface area contributed by atoms with Gasteiger partial charge in [0.25, 0.3) is 0 Å². The van der Waals surface area contributed by atoms with Gasteiger partial charge in [0.05, 0.1) is 5.56 Å². The van der Waals surface area contributed by atoms with Crippen molar-refractivity contribution < 1.29 is 25.2 Å². The Morgan fingerprint density at radius 3 is 2.48 bits per heavy atom. The molecule has 0 unspecified atom stereocenters. The molecule has 4 N–H and O–H groups in total. The summed E-state index contributed by atoms with van der Waals surface area (Å²) < 4.78 is 0. The zero-order valence-electron chi connectivity index (χ0n) is 11.1. The number of carbonyl (C=O) groups is 1. The molecular weight excluding hydrogens is 272 g/mol. The molecule has 0 heterocycles. The number of rotatable bonds is 2. The van der Waals surface area contributed by atoms with Gasteiger partial charge in [-0.3, -0.25) is 4.79 Å². The standard InChI is InChI=1S/C16H14O5/c17-4-3-8-1-2-11-9(5-8)6-10-7-12(18)15(20)16(21)13(10)14(11)19/h1-2,5,7,17-18,20-21H,3-4,6H2. The van der Waals surface area contributed by atoms with Gasteiger partial charge < -0.3 is 20.4 Å². The highest BCUT2D eigenvalue weighted by atomic mass is 16.3. The first kappa shape index (κ1) is 13.5. The molecule has 0 radical (unpaired) electrons. The summed E-state index contributed by atoms with van der Waals surface area (Å²) >= 11 is 0. The Morgan fingerprint density at radius 2 is 1.76 bits per heavy atom. The average Bonchev–Trinajstić information content (AvgIpc) is 2.45. The highest BCUT2D eigenvalue weighted by molar-refractivity contribution is 6.14. The molecule has 0 bridgehead atoms. The van der Waals surface area contributed by atoms with Gasteiger partial charge in [0.15, 0.2) is 17.3 Å². The molecule has 0 aromatic heterocycles. The van der Waals surface area contributed by atoms with Gasteiger partial charge in [-0.05, 0) is 35.6 Å². The van der Waals surface area contributed by atoms with Gasteiger partial charge >= 0.3 is 0 Å². The number of aliphatic hydroxyl groups is 1. The van der Waals surface area contributed by atoms with Crippen molar-refractivity contribution in [3.8, 4) is 17.2 Å². The minimum atomic E-state index is -0.678. The zero-order valence-corrected chi connectivity index (χ0v) is 11.1. The maximum atomic E-state index is 12.5. The van der Waals surface area contributed by atoms with Crippen LogP contribution in [0.4, 0.5) is 0 Å². The van der Waals surface area contributed by atoms with Crippen molar-refractivity contribution in [1.82, 2.24) is 0 Å². The molecule has 2 aromatic rings. The van der Waals surface area contributed by atoms with Crippen LogP contribution in [0.5, 0.6) is 17.2 Å². The Labute approximate surface area is 120 Å². The quantitative estimate of drug-likeness (QED) is 0.535. The Hall–Kier alpha value is -2.53. The molecule has 1 aliphatic carbocycles. The molecule has 2 aromatic carbocycles. The Balaban J connectivity index is 2.15. The number of phenolic OH excluding ortho intramolecular Hbond substituents is 3. The Kier molecular flexibility index (Phi) is 3.07. The van der Waals surface area contributed by atoms with E-state index in [9.17, 15) is 20.1 Å². The van der Waals surface area contributed by atoms with Crippen LogP contribution in [0.3, 0.4) is 0 Å². The van der Waals surface area contributed by atoms with E-state index in [0.29, 0.717) is 24.0 Å². The zero-order chi connectivity index (χ0) is 15.1. The summed E-state index contributed by atoms with van der Waals surface area (Å²) in [5, 5.41) is 38.0. The smallest absolute Gasteiger partial charge is 0.201 e. The summed E-state index contributed by atoms with van der Waals surface area (Å²) in [6.07, 6.45) is 0.873. The fourth-order valence-electron chi connectivity index (χ4n) is 2.73. The minimum Gasteiger partial charge on any atom is -0.504 e. The van der Waals surface area contributed by atoms with Crippen LogP contribution in [0.25, 0.3) is 0 Å². The fraction of sp³-hybridized carbons (Fsp3) is 0.188. The molecule has 0 saturated heterocycles. The van der Waals surface area contributed by atoms with E-state index in [1.165, 1.54) is 6.07 Å². The van der Waals surface area contributed by atoms with E-state index in [1.807, 2.05) is 6.07 Å². The number of hydrogen-bond acceptors (Lipinski definition) is 5. The van der Waals surface area contributed by atoms with Crippen LogP contribution in [-0.2, 0) is 12.8 Å². The van der Waals surface area contributed by atoms with Crippen molar-refractivity contribution >= 4 is 5.78 Å². The number of fused-ring (bicyclic) bond motifs is 2. The van der Waals surface area contributed by atoms with Gasteiger partial charge in [0.2, 0.25) is 5.75 Å². The molecule has 5 nitrogen and oxygen atoms in total. The molecule has 5 heteroatoms. The number of aliphatic hydroxyl groups excluding tert-OH is 1. The van der Waals surface area contributed by atoms with Gasteiger partial charge in [0, 0.05) is 12.2 Å². The van der Waals surface area contributed by atoms with Crippen molar-refractivity contribution in [3.63, 3.8) is 0 Å². The highest BCUT2D eigenvalue weighted by Crippen LogP contribution is 2.43. The van der Waals surface area contributed by atoms with Crippen LogP contribution in [0, 0.1) is 0 Å². The minimum absolute atomic E-state index is 0.0266. The summed E-state index contributed by atoms with van der Waals surface area (Å²) in [7, 11) is 0. The fourth-order valence-corrected chi connectivity index (χ4v) is 2.73. The van der Waals surface area contributed by atoms with Crippen molar-refractivity contribution in [2.24, 2.45) is 0 Å². The summed E-state index contributed by atoms with van der Waals surface area (Å²) in [6.45, 7) is 0.0266. The first-order valence-corrected chi connectivity index (χ1v) is 6.57. The molecule has 0 spiro atoms. The van der Waals surface area contributed by atoms with Crippen molar-refractivity contribution in [1.29, 1.82) is 0 Å². The molecule has 0 saturated carbocycles. The third-order valence-corrected chi connectivity index (χ3v) is 3.76. The van der Waals surface area contributed by atoms with Gasteiger partial charge in [-0.2, -0.15) is 0 Å². The molecule has 0 atom stereocenters. The maximum absolute atomic E-state index is 12.5. The molecule has 0 aliphatic heterocycles. The molecule has 1 aliphatic rings. The van der Waals surface area contributed by atoms with Crippen LogP contribution in [0.1, 0.15) is 32.6 Å². The van der Waals surface area contributed by atoms with E-state index in [0.717, 1.165) is 11.1 Å². The first-order chi connectivity index (χ1) is 10.0. The normalized spacial score (nSPS) is 12.9. The van der Waals surface area contributed by atoms with Crippen LogP contribution < -0.4 is 0 Å². The number of aromatic hydroxyl groups is 3.